The number of nitrogen functional groups attached to an aromatic ring is 1. The largest absolute Gasteiger partial charge is 0.508 e. The molecule has 10 N–H and O–H groups in total. The van der Waals surface area contributed by atoms with Crippen LogP contribution in [0.4, 0.5) is 5.69 Å². The van der Waals surface area contributed by atoms with E-state index in [0.29, 0.717) is 52.1 Å². The molecule has 0 bridgehead atoms. The van der Waals surface area contributed by atoms with Crippen LogP contribution in [-0.2, 0) is 38.0 Å². The fraction of sp³-hybridized carbons (Fsp3) is 0.387. The van der Waals surface area contributed by atoms with Gasteiger partial charge < -0.3 is 56.0 Å². The fourth-order valence-corrected chi connectivity index (χ4v) is 10.5. The van der Waals surface area contributed by atoms with Crippen molar-refractivity contribution in [2.45, 2.75) is 232 Å². The van der Waals surface area contributed by atoms with Crippen LogP contribution in [0, 0.1) is 32.5 Å². The van der Waals surface area contributed by atoms with Crippen molar-refractivity contribution in [3.63, 3.8) is 0 Å². The molecule has 7 aromatic heterocycles. The van der Waals surface area contributed by atoms with Crippen LogP contribution in [0.25, 0.3) is 55.8 Å². The van der Waals surface area contributed by atoms with E-state index in [2.05, 4.69) is 343 Å². The third-order valence-electron chi connectivity index (χ3n) is 14.3. The van der Waals surface area contributed by atoms with Crippen molar-refractivity contribution in [1.82, 2.24) is 48.1 Å². The minimum absolute atomic E-state index is 0.0743. The van der Waals surface area contributed by atoms with Crippen molar-refractivity contribution in [1.29, 1.82) is 0 Å². The van der Waals surface area contributed by atoms with Crippen molar-refractivity contribution >= 4 is 28.6 Å². The molecule has 0 aliphatic heterocycles. The quantitative estimate of drug-likeness (QED) is 0.0592. The smallest absolute Gasteiger partial charge is 0.133 e. The summed E-state index contributed by atoms with van der Waals surface area (Å²) in [6, 6.07) is 68.4. The van der Waals surface area contributed by atoms with Crippen molar-refractivity contribution in [2.75, 3.05) is 12.8 Å². The zero-order chi connectivity index (χ0) is 93.3. The topological polar surface area (TPSA) is 234 Å². The summed E-state index contributed by atoms with van der Waals surface area (Å²) in [5, 5.41) is 18.4. The maximum atomic E-state index is 9.03. The normalized spacial score (nSPS) is 10.8. The number of rotatable bonds is 13. The Morgan fingerprint density at radius 3 is 1.03 bits per heavy atom. The third kappa shape index (κ3) is 55.5. The monoisotopic (exact) mass is 1720 g/mol. The second kappa shape index (κ2) is 55.6. The second-order valence-electron chi connectivity index (χ2n) is 40.2. The average Bonchev–Trinajstić information content (AvgIpc) is 1.66. The number of hydrogen-bond donors (Lipinski definition) is 6. The number of aromatic hydroxyl groups is 1. The summed E-state index contributed by atoms with van der Waals surface area (Å²) >= 11 is 3.22. The molecule has 14 rings (SSSR count). The van der Waals surface area contributed by atoms with E-state index in [4.69, 9.17) is 32.5 Å². The minimum atomic E-state index is 0.0743. The van der Waals surface area contributed by atoms with Crippen molar-refractivity contribution in [3.8, 4) is 61.5 Å². The highest BCUT2D eigenvalue weighted by molar-refractivity contribution is 7.13. The predicted molar refractivity (Wildman–Crippen MR) is 537 cm³/mol. The Morgan fingerprint density at radius 2 is 0.718 bits per heavy atom. The lowest BCUT2D eigenvalue weighted by Gasteiger charge is -2.16. The van der Waals surface area contributed by atoms with E-state index in [9.17, 15) is 0 Å². The molecule has 0 aliphatic carbocycles. The lowest BCUT2D eigenvalue weighted by atomic mass is 9.91. The molecule has 16 nitrogen and oxygen atoms in total. The first kappa shape index (κ1) is 109. The lowest BCUT2D eigenvalue weighted by Crippen LogP contribution is -2.10. The van der Waals surface area contributed by atoms with E-state index in [1.54, 1.807) is 67.3 Å². The molecule has 7 heterocycles. The Hall–Kier alpha value is -10.6. The fourth-order valence-electron chi connectivity index (χ4n) is 9.07. The number of benzene rings is 7. The molecule has 14 aromatic rings. The zero-order valence-electron chi connectivity index (χ0n) is 80.7. The first-order valence-electron chi connectivity index (χ1n) is 42.7. The van der Waals surface area contributed by atoms with Gasteiger partial charge in [-0.1, -0.05) is 301 Å². The van der Waals surface area contributed by atoms with Gasteiger partial charge in [0.2, 0.25) is 0 Å². The highest BCUT2D eigenvalue weighted by Gasteiger charge is 2.23. The van der Waals surface area contributed by atoms with E-state index in [0.717, 1.165) is 69.4 Å². The summed E-state index contributed by atoms with van der Waals surface area (Å²) < 4.78 is 17.2. The number of nitrogens with zero attached hydrogens (tertiary/aromatic N) is 9. The van der Waals surface area contributed by atoms with Gasteiger partial charge in [0.15, 0.2) is 0 Å². The van der Waals surface area contributed by atoms with E-state index in [1.165, 1.54) is 49.2 Å². The number of aryl methyl sites for hydroxylation is 1. The molecule has 0 spiro atoms. The number of thiophene rings is 1. The molecule has 7 aromatic carbocycles. The van der Waals surface area contributed by atoms with Gasteiger partial charge in [-0.3, -0.25) is 0 Å². The molecule has 124 heavy (non-hydrogen) atoms. The summed E-state index contributed by atoms with van der Waals surface area (Å²) in [5.74, 6) is 1.17. The maximum absolute atomic E-state index is 9.03. The van der Waals surface area contributed by atoms with Crippen molar-refractivity contribution in [3.05, 3.63) is 319 Å². The minimum Gasteiger partial charge on any atom is -0.508 e. The zero-order valence-corrected chi connectivity index (χ0v) is 82.3. The van der Waals surface area contributed by atoms with E-state index in [1.807, 2.05) is 137 Å². The molecule has 0 atom stereocenters. The van der Waals surface area contributed by atoms with E-state index < -0.39 is 0 Å². The Balaban J connectivity index is 0.000000465. The van der Waals surface area contributed by atoms with Gasteiger partial charge in [-0.2, -0.15) is 0 Å². The third-order valence-corrected chi connectivity index (χ3v) is 16.4. The van der Waals surface area contributed by atoms with Gasteiger partial charge in [0.05, 0.1) is 30.1 Å². The Kier molecular flexibility index (Phi) is 49.1. The van der Waals surface area contributed by atoms with Crippen LogP contribution >= 0.6 is 22.9 Å². The summed E-state index contributed by atoms with van der Waals surface area (Å²) in [4.78, 5) is 14.4. The number of hydrogen-bond acceptors (Lipinski definition) is 14. The van der Waals surface area contributed by atoms with Gasteiger partial charge in [-0.25, -0.2) is 15.0 Å². The summed E-state index contributed by atoms with van der Waals surface area (Å²) in [6.45, 7) is 63.9. The average molecular weight is 1720 g/mol. The van der Waals surface area contributed by atoms with Gasteiger partial charge in [-0.05, 0) is 199 Å². The molecule has 0 amide bonds. The number of furan rings is 1. The molecular formula is C106H154N14O2S2. The first-order valence-corrected chi connectivity index (χ1v) is 44.3. The van der Waals surface area contributed by atoms with Gasteiger partial charge >= 0.3 is 0 Å². The van der Waals surface area contributed by atoms with Gasteiger partial charge in [-0.15, -0.1) is 16.4 Å². The highest BCUT2D eigenvalue weighted by Crippen LogP contribution is 2.34. The number of nitrogens with two attached hydrogens (primary N) is 4. The van der Waals surface area contributed by atoms with Gasteiger partial charge in [0.25, 0.3) is 0 Å². The molecule has 0 unspecified atom stereocenters. The van der Waals surface area contributed by atoms with Crippen molar-refractivity contribution < 1.29 is 9.52 Å². The standard InChI is InChI=1S/C12H15N3S.C11H13N3.2C11H12N2.C11H11NO.C11H11NS.C9H8N2O.6C5H12/c1-12(2,3)11-10(14-15-16-11)8-4-6-9(13)7-5-8;1-12-8-10-2-4-11(5-3-10)14-7-6-13-9-14;1-2-10-3-5-11(6-4-10)13-8-7-12-9-13;12-9-10-3-5-11(6-4-10)13-7-1-2-8-13;2*12-8-9-3-5-10(6-4-9)11-2-1-7-13-11;12-9-3-1-8(2-4-9)11-6-5-10-7-11;6*1-5(2,3)4/h4-7H,13H2,1-3H3;2-7,9,12H,8H2,1H3;3-9H,2H2,1H3;1-8H,9,12H2;2*1-7H,8,12H2;1-7,12H;6*1-4H3. The highest BCUT2D eigenvalue weighted by atomic mass is 32.1. The second-order valence-corrected chi connectivity index (χ2v) is 41.9. The van der Waals surface area contributed by atoms with Crippen molar-refractivity contribution in [2.24, 2.45) is 49.7 Å². The summed E-state index contributed by atoms with van der Waals surface area (Å²) in [5.41, 5.74) is 41.0. The number of aromatic nitrogens is 9. The molecule has 0 fully saturated rings. The van der Waals surface area contributed by atoms with Crippen LogP contribution in [0.3, 0.4) is 0 Å². The number of imidazole rings is 3. The van der Waals surface area contributed by atoms with E-state index >= 15 is 0 Å². The summed E-state index contributed by atoms with van der Waals surface area (Å²) in [6.07, 6.45) is 23.1. The van der Waals surface area contributed by atoms with E-state index in [-0.39, 0.29) is 11.2 Å². The van der Waals surface area contributed by atoms with Crippen LogP contribution in [0.15, 0.2) is 291 Å². The number of phenols is 1. The van der Waals surface area contributed by atoms with Gasteiger partial charge in [0, 0.05) is 126 Å². The molecule has 18 heteroatoms. The first-order chi connectivity index (χ1) is 57.8. The SMILES string of the molecule is CC(C)(C)C.CC(C)(C)C.CC(C)(C)C.CC(C)(C)C.CC(C)(C)C.CC(C)(C)C.CC(C)(C)c1snnc1-c1ccc(N)cc1.CCc1ccc(-n2ccnc2)cc1.CNCc1ccc(-n2ccnc2)cc1.NCc1ccc(-c2ccco2)cc1.NCc1ccc(-c2cccs2)cc1.NCc1ccc(-n2cccc2)cc1.Oc1ccc(-n2ccnc2)cc1. The Bertz CT molecular complexity index is 4430. The molecule has 0 saturated heterocycles. The number of nitrogens with one attached hydrogen (secondary N) is 1. The van der Waals surface area contributed by atoms with Crippen LogP contribution in [0.2, 0.25) is 0 Å². The predicted octanol–water partition coefficient (Wildman–Crippen LogP) is 28.2. The molecule has 0 saturated carbocycles. The van der Waals surface area contributed by atoms with Crippen LogP contribution < -0.4 is 28.3 Å². The Labute approximate surface area is 756 Å². The molecule has 0 aliphatic rings. The van der Waals surface area contributed by atoms with Crippen LogP contribution in [0.1, 0.15) is 227 Å². The molecular weight excluding hydrogens is 1570 g/mol. The van der Waals surface area contributed by atoms with Gasteiger partial charge in [0.1, 0.15) is 17.2 Å². The summed E-state index contributed by atoms with van der Waals surface area (Å²) in [7, 11) is 1.95. The molecule has 0 radical (unpaired) electrons. The maximum Gasteiger partial charge on any atom is 0.133 e. The molecule has 672 valence electrons. The lowest BCUT2D eigenvalue weighted by molar-refractivity contribution is 0.469. The number of anilines is 1. The van der Waals surface area contributed by atoms with Crippen LogP contribution in [0.5, 0.6) is 5.75 Å². The number of phenolic OH excluding ortho intramolecular Hbond substituents is 1. The Morgan fingerprint density at radius 1 is 0.379 bits per heavy atom. The van der Waals surface area contributed by atoms with Crippen LogP contribution in [-0.4, -0.2) is 55.0 Å².